The topological polar surface area (TPSA) is 17.1 Å². The minimum Gasteiger partial charge on any atom is -0.300 e. The van der Waals surface area contributed by atoms with Gasteiger partial charge in [-0.3, -0.25) is 0 Å². The Morgan fingerprint density at radius 3 is 1.40 bits per heavy atom. The van der Waals surface area contributed by atoms with Crippen molar-refractivity contribution in [2.45, 2.75) is 13.8 Å². The smallest absolute Gasteiger partial charge is 0.126 e. The quantitative estimate of drug-likeness (QED) is 0.481. The summed E-state index contributed by atoms with van der Waals surface area (Å²) in [5.41, 5.74) is 0. The van der Waals surface area contributed by atoms with E-state index in [0.717, 1.165) is 0 Å². The Kier molecular flexibility index (Phi) is 7.98. The monoisotopic (exact) mass is 165 g/mol. The van der Waals surface area contributed by atoms with Gasteiger partial charge >= 0.3 is 0 Å². The molecule has 0 bridgehead atoms. The maximum absolute atomic E-state index is 9.44. The first-order chi connectivity index (χ1) is 1.73. The maximum atomic E-state index is 9.44. The molecule has 0 aromatic heterocycles. The van der Waals surface area contributed by atoms with Crippen LogP contribution in [0.1, 0.15) is 13.8 Å². The van der Waals surface area contributed by atoms with Crippen LogP contribution in [0.25, 0.3) is 0 Å². The Labute approximate surface area is 47.3 Å². The summed E-state index contributed by atoms with van der Waals surface area (Å²) in [5.74, 6) is 0.167. The van der Waals surface area contributed by atoms with Crippen molar-refractivity contribution in [2.75, 3.05) is 0 Å². The SMILES string of the molecule is CC(C)=O.[Ag]. The maximum Gasteiger partial charge on any atom is 0.126 e. The fourth-order valence-corrected chi connectivity index (χ4v) is 0. The molecule has 0 unspecified atom stereocenters. The molecule has 0 aromatic rings. The van der Waals surface area contributed by atoms with E-state index in [-0.39, 0.29) is 28.2 Å². The van der Waals surface area contributed by atoms with E-state index in [0.29, 0.717) is 0 Å². The van der Waals surface area contributed by atoms with Crippen molar-refractivity contribution in [1.82, 2.24) is 0 Å². The summed E-state index contributed by atoms with van der Waals surface area (Å²) in [5, 5.41) is 0. The standard InChI is InChI=1S/C3H6O.Ag/c1-3(2)4;/h1-2H3;. The fourth-order valence-electron chi connectivity index (χ4n) is 0. The Balaban J connectivity index is 0. The van der Waals surface area contributed by atoms with Crippen LogP contribution in [0.2, 0.25) is 0 Å². The summed E-state index contributed by atoms with van der Waals surface area (Å²) in [6.07, 6.45) is 0. The Morgan fingerprint density at radius 2 is 1.40 bits per heavy atom. The van der Waals surface area contributed by atoms with Gasteiger partial charge in [-0.2, -0.15) is 0 Å². The third-order valence-corrected chi connectivity index (χ3v) is 0. The van der Waals surface area contributed by atoms with Gasteiger partial charge < -0.3 is 4.79 Å². The molecule has 0 rings (SSSR count). The molecule has 0 aliphatic heterocycles. The van der Waals surface area contributed by atoms with Crippen LogP contribution in [0.5, 0.6) is 0 Å². The molecule has 0 spiro atoms. The van der Waals surface area contributed by atoms with E-state index >= 15 is 0 Å². The van der Waals surface area contributed by atoms with E-state index in [2.05, 4.69) is 0 Å². The average Bonchev–Trinajstić information content (AvgIpc) is 0.811. The fraction of sp³-hybridized carbons (Fsp3) is 0.667. The summed E-state index contributed by atoms with van der Waals surface area (Å²) in [4.78, 5) is 9.44. The van der Waals surface area contributed by atoms with Gasteiger partial charge in [0.1, 0.15) is 5.78 Å². The van der Waals surface area contributed by atoms with Crippen LogP contribution in [0, 0.1) is 0 Å². The summed E-state index contributed by atoms with van der Waals surface area (Å²) >= 11 is 0. The van der Waals surface area contributed by atoms with Crippen LogP contribution in [0.4, 0.5) is 0 Å². The van der Waals surface area contributed by atoms with E-state index in [1.807, 2.05) is 0 Å². The van der Waals surface area contributed by atoms with Gasteiger partial charge in [-0.05, 0) is 13.8 Å². The predicted molar refractivity (Wildman–Crippen MR) is 16.4 cm³/mol. The zero-order valence-corrected chi connectivity index (χ0v) is 4.69. The molecular weight excluding hydrogens is 160 g/mol. The van der Waals surface area contributed by atoms with Gasteiger partial charge in [0.2, 0.25) is 0 Å². The van der Waals surface area contributed by atoms with Gasteiger partial charge in [0, 0.05) is 22.4 Å². The number of rotatable bonds is 0. The molecule has 0 aliphatic carbocycles. The van der Waals surface area contributed by atoms with Crippen LogP contribution < -0.4 is 0 Å². The van der Waals surface area contributed by atoms with Crippen molar-refractivity contribution in [3.8, 4) is 0 Å². The largest absolute Gasteiger partial charge is 0.300 e. The Hall–Kier alpha value is 0.410. The Morgan fingerprint density at radius 1 is 1.40 bits per heavy atom. The molecule has 0 fully saturated rings. The first kappa shape index (κ1) is 9.05. The number of ketones is 1. The summed E-state index contributed by atoms with van der Waals surface area (Å²) < 4.78 is 0. The third kappa shape index (κ3) is 152. The second-order valence-corrected chi connectivity index (χ2v) is 0.908. The van der Waals surface area contributed by atoms with Crippen molar-refractivity contribution in [3.05, 3.63) is 0 Å². The zero-order chi connectivity index (χ0) is 3.58. The number of Topliss-reactive ketones (excluding diaryl/α,β-unsaturated/α-hetero) is 1. The predicted octanol–water partition coefficient (Wildman–Crippen LogP) is 0.593. The van der Waals surface area contributed by atoms with Gasteiger partial charge in [0.05, 0.1) is 0 Å². The number of hydrogen-bond donors (Lipinski definition) is 0. The summed E-state index contributed by atoms with van der Waals surface area (Å²) in [6.45, 7) is 3.06. The molecule has 5 heavy (non-hydrogen) atoms. The number of carbonyl (C=O) groups excluding carboxylic acids is 1. The molecule has 1 radical (unpaired) electrons. The van der Waals surface area contributed by atoms with Crippen molar-refractivity contribution >= 4 is 5.78 Å². The molecule has 0 saturated carbocycles. The zero-order valence-electron chi connectivity index (χ0n) is 3.21. The second-order valence-electron chi connectivity index (χ2n) is 0.908. The van der Waals surface area contributed by atoms with E-state index in [1.54, 1.807) is 0 Å². The van der Waals surface area contributed by atoms with E-state index in [4.69, 9.17) is 0 Å². The molecule has 1 nitrogen and oxygen atoms in total. The average molecular weight is 166 g/mol. The van der Waals surface area contributed by atoms with Gasteiger partial charge in [0.15, 0.2) is 0 Å². The van der Waals surface area contributed by atoms with Crippen LogP contribution in [-0.2, 0) is 27.2 Å². The molecule has 0 saturated heterocycles. The molecule has 0 atom stereocenters. The van der Waals surface area contributed by atoms with E-state index < -0.39 is 0 Å². The number of hydrogen-bond acceptors (Lipinski definition) is 1. The van der Waals surface area contributed by atoms with Crippen LogP contribution >= 0.6 is 0 Å². The van der Waals surface area contributed by atoms with Crippen LogP contribution in [0.15, 0.2) is 0 Å². The van der Waals surface area contributed by atoms with Crippen LogP contribution in [-0.4, -0.2) is 5.78 Å². The van der Waals surface area contributed by atoms with Crippen molar-refractivity contribution in [1.29, 1.82) is 0 Å². The molecule has 35 valence electrons. The van der Waals surface area contributed by atoms with Gasteiger partial charge in [0.25, 0.3) is 0 Å². The first-order valence-corrected chi connectivity index (χ1v) is 1.20. The van der Waals surface area contributed by atoms with E-state index in [1.165, 1.54) is 13.8 Å². The molecule has 0 aliphatic rings. The first-order valence-electron chi connectivity index (χ1n) is 1.20. The van der Waals surface area contributed by atoms with E-state index in [9.17, 15) is 4.79 Å². The van der Waals surface area contributed by atoms with Gasteiger partial charge in [-0.25, -0.2) is 0 Å². The molecular formula is C3H6AgO. The molecule has 0 amide bonds. The molecule has 2 heteroatoms. The minimum absolute atomic E-state index is 0. The number of carbonyl (C=O) groups is 1. The molecule has 0 aromatic carbocycles. The summed E-state index contributed by atoms with van der Waals surface area (Å²) in [7, 11) is 0. The van der Waals surface area contributed by atoms with Crippen LogP contribution in [0.3, 0.4) is 0 Å². The molecule has 0 heterocycles. The summed E-state index contributed by atoms with van der Waals surface area (Å²) in [6, 6.07) is 0. The second kappa shape index (κ2) is 4.41. The minimum atomic E-state index is 0. The van der Waals surface area contributed by atoms with Gasteiger partial charge in [-0.15, -0.1) is 0 Å². The van der Waals surface area contributed by atoms with Crippen molar-refractivity contribution in [3.63, 3.8) is 0 Å². The Bertz CT molecular complexity index is 29.9. The molecule has 0 N–H and O–H groups in total. The third-order valence-electron chi connectivity index (χ3n) is 0. The van der Waals surface area contributed by atoms with Crippen molar-refractivity contribution < 1.29 is 27.2 Å². The van der Waals surface area contributed by atoms with Gasteiger partial charge in [-0.1, -0.05) is 0 Å². The normalized spacial score (nSPS) is 5.20. The van der Waals surface area contributed by atoms with Crippen molar-refractivity contribution in [2.24, 2.45) is 0 Å².